The molecule has 1 unspecified atom stereocenters. The second kappa shape index (κ2) is 6.27. The van der Waals surface area contributed by atoms with E-state index in [0.717, 1.165) is 31.5 Å². The third kappa shape index (κ3) is 3.73. The Morgan fingerprint density at radius 2 is 2.30 bits per heavy atom. The second-order valence-corrected chi connectivity index (χ2v) is 5.83. The molecule has 0 saturated heterocycles. The van der Waals surface area contributed by atoms with Crippen molar-refractivity contribution in [3.63, 3.8) is 0 Å². The van der Waals surface area contributed by atoms with Crippen molar-refractivity contribution in [1.82, 2.24) is 5.32 Å². The molecule has 4 heteroatoms. The minimum Gasteiger partial charge on any atom is -0.388 e. The number of hydrogen-bond donors (Lipinski definition) is 3. The lowest BCUT2D eigenvalue weighted by atomic mass is 9.99. The van der Waals surface area contributed by atoms with Gasteiger partial charge in [-0.1, -0.05) is 13.3 Å². The first-order chi connectivity index (χ1) is 9.52. The van der Waals surface area contributed by atoms with E-state index in [1.165, 1.54) is 5.56 Å². The van der Waals surface area contributed by atoms with E-state index in [1.807, 2.05) is 25.1 Å². The summed E-state index contributed by atoms with van der Waals surface area (Å²) in [5.74, 6) is -0.116. The summed E-state index contributed by atoms with van der Waals surface area (Å²) in [5.41, 5.74) is 2.16. The van der Waals surface area contributed by atoms with E-state index >= 15 is 0 Å². The molecule has 0 spiro atoms. The fourth-order valence-electron chi connectivity index (χ4n) is 2.62. The molecule has 2 rings (SSSR count). The number of anilines is 1. The maximum Gasteiger partial charge on any atom is 0.251 e. The highest BCUT2D eigenvalue weighted by Crippen LogP contribution is 2.23. The van der Waals surface area contributed by atoms with Gasteiger partial charge in [0.25, 0.3) is 5.91 Å². The van der Waals surface area contributed by atoms with Gasteiger partial charge in [-0.3, -0.25) is 4.79 Å². The molecule has 20 heavy (non-hydrogen) atoms. The van der Waals surface area contributed by atoms with Gasteiger partial charge in [-0.25, -0.2) is 0 Å². The molecule has 1 aliphatic rings. The highest BCUT2D eigenvalue weighted by molar-refractivity contribution is 5.95. The summed E-state index contributed by atoms with van der Waals surface area (Å²) in [4.78, 5) is 12.1. The first-order valence-corrected chi connectivity index (χ1v) is 7.39. The van der Waals surface area contributed by atoms with Crippen LogP contribution >= 0.6 is 0 Å². The quantitative estimate of drug-likeness (QED) is 0.773. The van der Waals surface area contributed by atoms with Crippen LogP contribution in [-0.2, 0) is 6.42 Å². The highest BCUT2D eigenvalue weighted by Gasteiger charge is 2.20. The number of aryl methyl sites for hydroxylation is 1. The molecule has 1 aliphatic heterocycles. The van der Waals surface area contributed by atoms with Gasteiger partial charge in [0.15, 0.2) is 0 Å². The second-order valence-electron chi connectivity index (χ2n) is 5.83. The lowest BCUT2D eigenvalue weighted by Gasteiger charge is -2.23. The molecule has 0 radical (unpaired) electrons. The summed E-state index contributed by atoms with van der Waals surface area (Å²) in [5, 5.41) is 16.2. The van der Waals surface area contributed by atoms with Crippen LogP contribution in [-0.4, -0.2) is 29.7 Å². The fraction of sp³-hybridized carbons (Fsp3) is 0.562. The van der Waals surface area contributed by atoms with Crippen molar-refractivity contribution in [1.29, 1.82) is 0 Å². The normalized spacial score (nSPS) is 16.8. The van der Waals surface area contributed by atoms with Crippen LogP contribution in [0.4, 0.5) is 5.69 Å². The van der Waals surface area contributed by atoms with Crippen LogP contribution in [0.25, 0.3) is 0 Å². The van der Waals surface area contributed by atoms with Gasteiger partial charge in [0.2, 0.25) is 0 Å². The Morgan fingerprint density at radius 1 is 1.50 bits per heavy atom. The molecule has 4 nitrogen and oxygen atoms in total. The zero-order valence-corrected chi connectivity index (χ0v) is 12.3. The maximum absolute atomic E-state index is 12.1. The summed E-state index contributed by atoms with van der Waals surface area (Å²) in [7, 11) is 0. The molecule has 1 amide bonds. The van der Waals surface area contributed by atoms with Gasteiger partial charge in [-0.05, 0) is 49.9 Å². The van der Waals surface area contributed by atoms with E-state index in [1.54, 1.807) is 6.92 Å². The van der Waals surface area contributed by atoms with Crippen LogP contribution in [0.15, 0.2) is 18.2 Å². The first kappa shape index (κ1) is 14.9. The minimum absolute atomic E-state index is 0.116. The van der Waals surface area contributed by atoms with Crippen molar-refractivity contribution in [2.24, 2.45) is 0 Å². The van der Waals surface area contributed by atoms with Crippen LogP contribution in [0.2, 0.25) is 0 Å². The molecule has 0 bridgehead atoms. The Hall–Kier alpha value is -1.55. The van der Waals surface area contributed by atoms with Crippen molar-refractivity contribution < 1.29 is 9.90 Å². The SMILES string of the molecule is CCCC(C)(O)CNC(=O)c1ccc2c(c1)CCCN2. The van der Waals surface area contributed by atoms with Gasteiger partial charge >= 0.3 is 0 Å². The molecule has 110 valence electrons. The Balaban J connectivity index is 1.99. The van der Waals surface area contributed by atoms with Crippen molar-refractivity contribution in [2.45, 2.75) is 45.1 Å². The van der Waals surface area contributed by atoms with E-state index < -0.39 is 5.60 Å². The molecule has 3 N–H and O–H groups in total. The molecule has 0 saturated carbocycles. The number of fused-ring (bicyclic) bond motifs is 1. The molecule has 1 aromatic rings. The molecular formula is C16H24N2O2. The van der Waals surface area contributed by atoms with Crippen molar-refractivity contribution in [2.75, 3.05) is 18.4 Å². The zero-order chi connectivity index (χ0) is 14.6. The number of amides is 1. The summed E-state index contributed by atoms with van der Waals surface area (Å²) < 4.78 is 0. The standard InChI is InChI=1S/C16H24N2O2/c1-3-8-16(2,20)11-18-15(19)13-6-7-14-12(10-13)5-4-9-17-14/h6-7,10,17,20H,3-5,8-9,11H2,1-2H3,(H,18,19). The van der Waals surface area contributed by atoms with Gasteiger partial charge in [0.05, 0.1) is 5.60 Å². The van der Waals surface area contributed by atoms with Crippen LogP contribution in [0, 0.1) is 0 Å². The molecule has 0 aromatic heterocycles. The number of benzene rings is 1. The van der Waals surface area contributed by atoms with E-state index in [-0.39, 0.29) is 12.5 Å². The number of rotatable bonds is 5. The first-order valence-electron chi connectivity index (χ1n) is 7.39. The number of hydrogen-bond acceptors (Lipinski definition) is 3. The van der Waals surface area contributed by atoms with Crippen molar-refractivity contribution >= 4 is 11.6 Å². The fourth-order valence-corrected chi connectivity index (χ4v) is 2.62. The van der Waals surface area contributed by atoms with Crippen LogP contribution in [0.3, 0.4) is 0 Å². The average molecular weight is 276 g/mol. The highest BCUT2D eigenvalue weighted by atomic mass is 16.3. The Labute approximate surface area is 120 Å². The number of nitrogens with one attached hydrogen (secondary N) is 2. The smallest absolute Gasteiger partial charge is 0.251 e. The zero-order valence-electron chi connectivity index (χ0n) is 12.3. The van der Waals surface area contributed by atoms with Gasteiger partial charge in [-0.2, -0.15) is 0 Å². The Kier molecular flexibility index (Phi) is 4.65. The van der Waals surface area contributed by atoms with Crippen molar-refractivity contribution in [3.8, 4) is 0 Å². The number of aliphatic hydroxyl groups is 1. The van der Waals surface area contributed by atoms with Gasteiger partial charge in [-0.15, -0.1) is 0 Å². The van der Waals surface area contributed by atoms with Crippen molar-refractivity contribution in [3.05, 3.63) is 29.3 Å². The molecular weight excluding hydrogens is 252 g/mol. The summed E-state index contributed by atoms with van der Waals surface area (Å²) in [6, 6.07) is 5.75. The van der Waals surface area contributed by atoms with E-state index in [9.17, 15) is 9.90 Å². The average Bonchev–Trinajstić information content (AvgIpc) is 2.44. The molecule has 1 atom stereocenters. The van der Waals surface area contributed by atoms with E-state index in [2.05, 4.69) is 10.6 Å². The van der Waals surface area contributed by atoms with Crippen LogP contribution < -0.4 is 10.6 Å². The van der Waals surface area contributed by atoms with Crippen LogP contribution in [0.5, 0.6) is 0 Å². The number of carbonyl (C=O) groups excluding carboxylic acids is 1. The van der Waals surface area contributed by atoms with E-state index in [0.29, 0.717) is 12.0 Å². The maximum atomic E-state index is 12.1. The Morgan fingerprint density at radius 3 is 3.05 bits per heavy atom. The third-order valence-corrected chi connectivity index (χ3v) is 3.72. The molecule has 0 aliphatic carbocycles. The van der Waals surface area contributed by atoms with E-state index in [4.69, 9.17) is 0 Å². The summed E-state index contributed by atoms with van der Waals surface area (Å²) >= 11 is 0. The third-order valence-electron chi connectivity index (χ3n) is 3.72. The minimum atomic E-state index is -0.833. The molecule has 0 fully saturated rings. The topological polar surface area (TPSA) is 61.4 Å². The van der Waals surface area contributed by atoms with Gasteiger partial charge < -0.3 is 15.7 Å². The molecule has 1 heterocycles. The Bertz CT molecular complexity index is 483. The number of carbonyl (C=O) groups is 1. The monoisotopic (exact) mass is 276 g/mol. The lowest BCUT2D eigenvalue weighted by molar-refractivity contribution is 0.0469. The molecule has 1 aromatic carbocycles. The largest absolute Gasteiger partial charge is 0.388 e. The predicted octanol–water partition coefficient (Wildman–Crippen LogP) is 2.33. The predicted molar refractivity (Wildman–Crippen MR) is 81.1 cm³/mol. The summed E-state index contributed by atoms with van der Waals surface area (Å²) in [6.07, 6.45) is 3.69. The summed E-state index contributed by atoms with van der Waals surface area (Å²) in [6.45, 7) is 5.06. The lowest BCUT2D eigenvalue weighted by Crippen LogP contribution is -2.40. The van der Waals surface area contributed by atoms with Crippen LogP contribution in [0.1, 0.15) is 49.0 Å². The van der Waals surface area contributed by atoms with Gasteiger partial charge in [0, 0.05) is 24.3 Å². The van der Waals surface area contributed by atoms with Gasteiger partial charge in [0.1, 0.15) is 0 Å².